The highest BCUT2D eigenvalue weighted by molar-refractivity contribution is 7.19. The molecule has 158 valence electrons. The van der Waals surface area contributed by atoms with Crippen LogP contribution in [0.5, 0.6) is 0 Å². The van der Waals surface area contributed by atoms with Gasteiger partial charge in [0, 0.05) is 4.88 Å². The van der Waals surface area contributed by atoms with Crippen LogP contribution >= 0.6 is 11.3 Å². The maximum atomic E-state index is 4.56. The van der Waals surface area contributed by atoms with Gasteiger partial charge in [-0.2, -0.15) is 5.10 Å². The van der Waals surface area contributed by atoms with E-state index in [0.29, 0.717) is 17.3 Å². The van der Waals surface area contributed by atoms with Crippen molar-refractivity contribution in [3.05, 3.63) is 52.2 Å². The van der Waals surface area contributed by atoms with Crippen molar-refractivity contribution in [3.63, 3.8) is 0 Å². The summed E-state index contributed by atoms with van der Waals surface area (Å²) in [5, 5.41) is 5.66. The number of nitrogens with zero attached hydrogens (tertiary/aromatic N) is 3. The summed E-state index contributed by atoms with van der Waals surface area (Å²) in [7, 11) is 0. The molecule has 2 heterocycles. The largest absolute Gasteiger partial charge is 0.261 e. The van der Waals surface area contributed by atoms with Crippen molar-refractivity contribution in [1.82, 2.24) is 9.97 Å². The summed E-state index contributed by atoms with van der Waals surface area (Å²) in [6.45, 7) is 11.5. The highest BCUT2D eigenvalue weighted by Crippen LogP contribution is 2.45. The molecule has 0 bridgehead atoms. The van der Waals surface area contributed by atoms with Crippen LogP contribution in [-0.4, -0.2) is 16.2 Å². The van der Waals surface area contributed by atoms with Gasteiger partial charge in [0.2, 0.25) is 0 Å². The number of rotatable bonds is 6. The molecule has 1 aromatic carbocycles. The van der Waals surface area contributed by atoms with Gasteiger partial charge in [-0.3, -0.25) is 5.43 Å². The summed E-state index contributed by atoms with van der Waals surface area (Å²) in [5.41, 5.74) is 7.41. The van der Waals surface area contributed by atoms with Crippen LogP contribution in [0.15, 0.2) is 35.7 Å². The van der Waals surface area contributed by atoms with Crippen molar-refractivity contribution < 1.29 is 0 Å². The molecule has 2 aromatic heterocycles. The minimum absolute atomic E-state index is 0.357. The molecule has 4 nitrogen and oxygen atoms in total. The molecule has 1 unspecified atom stereocenters. The van der Waals surface area contributed by atoms with E-state index < -0.39 is 0 Å². The van der Waals surface area contributed by atoms with Crippen LogP contribution in [0.25, 0.3) is 10.2 Å². The minimum atomic E-state index is 0.357. The number of nitrogens with one attached hydrogen (secondary N) is 1. The molecule has 1 N–H and O–H groups in total. The van der Waals surface area contributed by atoms with E-state index in [1.165, 1.54) is 34.2 Å². The lowest BCUT2D eigenvalue weighted by Gasteiger charge is -2.36. The first kappa shape index (κ1) is 21.0. The van der Waals surface area contributed by atoms with Crippen molar-refractivity contribution in [1.29, 1.82) is 0 Å². The molecule has 3 aromatic rings. The first-order valence-corrected chi connectivity index (χ1v) is 11.8. The van der Waals surface area contributed by atoms with Crippen molar-refractivity contribution in [2.24, 2.45) is 16.4 Å². The van der Waals surface area contributed by atoms with Crippen LogP contribution in [0.1, 0.15) is 74.9 Å². The number of thiophene rings is 1. The van der Waals surface area contributed by atoms with Gasteiger partial charge < -0.3 is 0 Å². The number of fused-ring (bicyclic) bond motifs is 3. The molecular weight excluding hydrogens is 388 g/mol. The van der Waals surface area contributed by atoms with Gasteiger partial charge in [0.15, 0.2) is 5.82 Å². The lowest BCUT2D eigenvalue weighted by atomic mass is 9.69. The molecule has 0 saturated heterocycles. The molecule has 30 heavy (non-hydrogen) atoms. The molecule has 5 heteroatoms. The zero-order chi connectivity index (χ0) is 21.3. The van der Waals surface area contributed by atoms with Gasteiger partial charge in [-0.05, 0) is 53.2 Å². The van der Waals surface area contributed by atoms with Gasteiger partial charge >= 0.3 is 0 Å². The van der Waals surface area contributed by atoms with Gasteiger partial charge in [-0.25, -0.2) is 9.97 Å². The fourth-order valence-electron chi connectivity index (χ4n) is 4.28. The number of hydrogen-bond acceptors (Lipinski definition) is 5. The van der Waals surface area contributed by atoms with Gasteiger partial charge in [0.25, 0.3) is 0 Å². The predicted octanol–water partition coefficient (Wildman–Crippen LogP) is 6.80. The Labute approximate surface area is 183 Å². The maximum absolute atomic E-state index is 4.56. The Bertz CT molecular complexity index is 1050. The third-order valence-corrected chi connectivity index (χ3v) is 8.04. The third-order valence-electron chi connectivity index (χ3n) is 6.84. The lowest BCUT2D eigenvalue weighted by Crippen LogP contribution is -2.28. The van der Waals surface area contributed by atoms with Crippen LogP contribution in [0, 0.1) is 11.3 Å². The van der Waals surface area contributed by atoms with E-state index in [2.05, 4.69) is 79.4 Å². The molecule has 1 aliphatic rings. The lowest BCUT2D eigenvalue weighted by molar-refractivity contribution is 0.184. The first-order valence-electron chi connectivity index (χ1n) is 11.0. The quantitative estimate of drug-likeness (QED) is 0.352. The number of anilines is 1. The zero-order valence-electron chi connectivity index (χ0n) is 18.7. The van der Waals surface area contributed by atoms with E-state index in [0.717, 1.165) is 29.1 Å². The summed E-state index contributed by atoms with van der Waals surface area (Å²) in [6.07, 6.45) is 8.23. The monoisotopic (exact) mass is 420 g/mol. The summed E-state index contributed by atoms with van der Waals surface area (Å²) < 4.78 is 0. The maximum Gasteiger partial charge on any atom is 0.158 e. The molecule has 1 atom stereocenters. The topological polar surface area (TPSA) is 50.2 Å². The second-order valence-corrected chi connectivity index (χ2v) is 10.5. The van der Waals surface area contributed by atoms with E-state index >= 15 is 0 Å². The Balaban J connectivity index is 1.59. The summed E-state index contributed by atoms with van der Waals surface area (Å²) >= 11 is 1.83. The Morgan fingerprint density at radius 2 is 2.00 bits per heavy atom. The predicted molar refractivity (Wildman–Crippen MR) is 129 cm³/mol. The Hall–Kier alpha value is -2.27. The molecule has 0 fully saturated rings. The summed E-state index contributed by atoms with van der Waals surface area (Å²) in [5.74, 6) is 2.06. The highest BCUT2D eigenvalue weighted by Gasteiger charge is 2.33. The van der Waals surface area contributed by atoms with E-state index in [4.69, 9.17) is 0 Å². The normalized spacial score (nSPS) is 17.1. The number of benzene rings is 1. The van der Waals surface area contributed by atoms with Crippen molar-refractivity contribution in [2.45, 2.75) is 66.2 Å². The molecule has 0 saturated carbocycles. The molecule has 4 rings (SSSR count). The number of aromatic nitrogens is 2. The summed E-state index contributed by atoms with van der Waals surface area (Å²) in [6, 6.07) is 8.56. The third kappa shape index (κ3) is 4.13. The standard InChI is InChI=1S/C25H32N4S/c1-6-25(4,5)19-11-12-21-20(13-19)22-23(26-15-27-24(22)30-21)29-28-14-17-7-9-18(10-8-17)16(2)3/h7-10,14-16,19H,6,11-13H2,1-5H3,(H,26,27,29). The molecule has 1 aliphatic carbocycles. The fraction of sp³-hybridized carbons (Fsp3) is 0.480. The SMILES string of the molecule is CCC(C)(C)C1CCc2sc3ncnc(NN=Cc4ccc(C(C)C)cc4)c3c2C1. The molecule has 0 amide bonds. The van der Waals surface area contributed by atoms with Crippen LogP contribution < -0.4 is 5.43 Å². The Morgan fingerprint density at radius 1 is 1.23 bits per heavy atom. The Kier molecular flexibility index (Phi) is 5.92. The minimum Gasteiger partial charge on any atom is -0.261 e. The van der Waals surface area contributed by atoms with Gasteiger partial charge in [0.05, 0.1) is 11.6 Å². The average Bonchev–Trinajstić information content (AvgIpc) is 3.12. The average molecular weight is 421 g/mol. The van der Waals surface area contributed by atoms with E-state index in [9.17, 15) is 0 Å². The van der Waals surface area contributed by atoms with Crippen LogP contribution in [0.3, 0.4) is 0 Å². The van der Waals surface area contributed by atoms with E-state index in [1.54, 1.807) is 6.33 Å². The second-order valence-electron chi connectivity index (χ2n) is 9.38. The molecular formula is C25H32N4S. The van der Waals surface area contributed by atoms with Crippen LogP contribution in [-0.2, 0) is 12.8 Å². The molecule has 0 aliphatic heterocycles. The number of hydrogen-bond donors (Lipinski definition) is 1. The first-order chi connectivity index (χ1) is 14.4. The number of hydrazone groups is 1. The van der Waals surface area contributed by atoms with Crippen LogP contribution in [0.4, 0.5) is 5.82 Å². The fourth-order valence-corrected chi connectivity index (χ4v) is 5.47. The number of aryl methyl sites for hydroxylation is 1. The summed E-state index contributed by atoms with van der Waals surface area (Å²) in [4.78, 5) is 11.6. The van der Waals surface area contributed by atoms with Crippen molar-refractivity contribution >= 4 is 33.6 Å². The van der Waals surface area contributed by atoms with E-state index in [1.807, 2.05) is 17.6 Å². The van der Waals surface area contributed by atoms with Gasteiger partial charge in [-0.1, -0.05) is 65.3 Å². The van der Waals surface area contributed by atoms with Gasteiger partial charge in [-0.15, -0.1) is 11.3 Å². The smallest absolute Gasteiger partial charge is 0.158 e. The zero-order valence-corrected chi connectivity index (χ0v) is 19.5. The van der Waals surface area contributed by atoms with Crippen molar-refractivity contribution in [3.8, 4) is 0 Å². The van der Waals surface area contributed by atoms with Gasteiger partial charge in [0.1, 0.15) is 11.2 Å². The molecule has 0 spiro atoms. The Morgan fingerprint density at radius 3 is 2.70 bits per heavy atom. The van der Waals surface area contributed by atoms with E-state index in [-0.39, 0.29) is 0 Å². The second kappa shape index (κ2) is 8.46. The highest BCUT2D eigenvalue weighted by atomic mass is 32.1. The van der Waals surface area contributed by atoms with Crippen molar-refractivity contribution in [2.75, 3.05) is 5.43 Å². The molecule has 0 radical (unpaired) electrons. The van der Waals surface area contributed by atoms with Crippen LogP contribution in [0.2, 0.25) is 0 Å².